The van der Waals surface area contributed by atoms with E-state index in [0.717, 1.165) is 23.7 Å². The third kappa shape index (κ3) is 3.26. The van der Waals surface area contributed by atoms with Crippen molar-refractivity contribution in [1.29, 1.82) is 0 Å². The van der Waals surface area contributed by atoms with E-state index in [-0.39, 0.29) is 6.04 Å². The van der Waals surface area contributed by atoms with Crippen LogP contribution in [0.5, 0.6) is 0 Å². The van der Waals surface area contributed by atoms with Gasteiger partial charge in [0.05, 0.1) is 6.04 Å². The molecule has 0 amide bonds. The van der Waals surface area contributed by atoms with E-state index in [1.807, 2.05) is 31.4 Å². The molecule has 1 aromatic heterocycles. The fraction of sp³-hybridized carbons (Fsp3) is 0.357. The minimum absolute atomic E-state index is 0.280. The second kappa shape index (κ2) is 5.91. The van der Waals surface area contributed by atoms with E-state index in [0.29, 0.717) is 0 Å². The van der Waals surface area contributed by atoms with Gasteiger partial charge in [0, 0.05) is 24.3 Å². The smallest absolute Gasteiger partial charge is 0.148 e. The number of nitrogens with zero attached hydrogens (tertiary/aromatic N) is 2. The van der Waals surface area contributed by atoms with Crippen LogP contribution in [0.4, 0.5) is 5.82 Å². The van der Waals surface area contributed by atoms with E-state index >= 15 is 0 Å². The highest BCUT2D eigenvalue weighted by Gasteiger charge is 2.11. The number of rotatable bonds is 5. The van der Waals surface area contributed by atoms with E-state index in [1.165, 1.54) is 5.56 Å². The maximum atomic E-state index is 5.92. The Morgan fingerprint density at radius 1 is 1.28 bits per heavy atom. The van der Waals surface area contributed by atoms with Crippen molar-refractivity contribution in [3.8, 4) is 0 Å². The zero-order chi connectivity index (χ0) is 13.0. The number of aromatic nitrogens is 2. The van der Waals surface area contributed by atoms with Gasteiger partial charge in [0.15, 0.2) is 0 Å². The summed E-state index contributed by atoms with van der Waals surface area (Å²) in [6.07, 6.45) is 4.12. The van der Waals surface area contributed by atoms with E-state index in [9.17, 15) is 0 Å². The molecule has 4 heteroatoms. The van der Waals surface area contributed by atoms with Crippen molar-refractivity contribution in [2.24, 2.45) is 7.05 Å². The Labute approximate surface area is 113 Å². The second-order valence-electron chi connectivity index (χ2n) is 4.41. The van der Waals surface area contributed by atoms with Crippen LogP contribution < -0.4 is 5.32 Å². The number of anilines is 1. The molecule has 1 heterocycles. The summed E-state index contributed by atoms with van der Waals surface area (Å²) in [7, 11) is 1.92. The Morgan fingerprint density at radius 3 is 2.56 bits per heavy atom. The summed E-state index contributed by atoms with van der Waals surface area (Å²) in [5.41, 5.74) is 1.24. The van der Waals surface area contributed by atoms with Crippen molar-refractivity contribution in [3.63, 3.8) is 0 Å². The maximum Gasteiger partial charge on any atom is 0.148 e. The summed E-state index contributed by atoms with van der Waals surface area (Å²) in [6.45, 7) is 2.18. The van der Waals surface area contributed by atoms with Crippen LogP contribution in [-0.4, -0.2) is 9.78 Å². The molecule has 0 saturated heterocycles. The zero-order valence-electron chi connectivity index (χ0n) is 10.7. The molecule has 0 fully saturated rings. The third-order valence-electron chi connectivity index (χ3n) is 2.89. The molecule has 2 rings (SSSR count). The summed E-state index contributed by atoms with van der Waals surface area (Å²) >= 11 is 5.92. The Morgan fingerprint density at radius 2 is 2.00 bits per heavy atom. The molecule has 0 aliphatic rings. The number of halogens is 1. The highest BCUT2D eigenvalue weighted by Crippen LogP contribution is 2.24. The van der Waals surface area contributed by atoms with Gasteiger partial charge in [0.25, 0.3) is 0 Å². The van der Waals surface area contributed by atoms with E-state index < -0.39 is 0 Å². The number of aryl methyl sites for hydroxylation is 1. The van der Waals surface area contributed by atoms with Crippen LogP contribution in [0.1, 0.15) is 31.4 Å². The summed E-state index contributed by atoms with van der Waals surface area (Å²) in [5.74, 6) is 0.908. The largest absolute Gasteiger partial charge is 0.362 e. The third-order valence-corrected chi connectivity index (χ3v) is 3.14. The first-order chi connectivity index (χ1) is 8.69. The summed E-state index contributed by atoms with van der Waals surface area (Å²) in [4.78, 5) is 0. The van der Waals surface area contributed by atoms with Crippen molar-refractivity contribution < 1.29 is 0 Å². The standard InChI is InChI=1S/C14H18ClN3/c1-3-4-13(11-5-7-12(15)8-6-11)16-14-9-10-18(2)17-14/h5-10,13H,3-4H2,1-2H3,(H,16,17). The average Bonchev–Trinajstić information content (AvgIpc) is 2.75. The van der Waals surface area contributed by atoms with Crippen molar-refractivity contribution >= 4 is 17.4 Å². The van der Waals surface area contributed by atoms with Crippen molar-refractivity contribution in [2.75, 3.05) is 5.32 Å². The van der Waals surface area contributed by atoms with Crippen molar-refractivity contribution in [1.82, 2.24) is 9.78 Å². The van der Waals surface area contributed by atoms with Crippen LogP contribution >= 0.6 is 11.6 Å². The zero-order valence-corrected chi connectivity index (χ0v) is 11.5. The van der Waals surface area contributed by atoms with E-state index in [4.69, 9.17) is 11.6 Å². The Balaban J connectivity index is 2.14. The monoisotopic (exact) mass is 263 g/mol. The number of nitrogens with one attached hydrogen (secondary N) is 1. The van der Waals surface area contributed by atoms with Gasteiger partial charge < -0.3 is 5.32 Å². The van der Waals surface area contributed by atoms with Crippen LogP contribution in [0.2, 0.25) is 5.02 Å². The van der Waals surface area contributed by atoms with Gasteiger partial charge in [-0.25, -0.2) is 0 Å². The molecule has 1 aromatic carbocycles. The van der Waals surface area contributed by atoms with Gasteiger partial charge >= 0.3 is 0 Å². The van der Waals surface area contributed by atoms with Crippen molar-refractivity contribution in [2.45, 2.75) is 25.8 Å². The normalized spacial score (nSPS) is 12.4. The predicted molar refractivity (Wildman–Crippen MR) is 75.9 cm³/mol. The molecule has 0 aliphatic carbocycles. The van der Waals surface area contributed by atoms with Gasteiger partial charge in [0.1, 0.15) is 5.82 Å². The van der Waals surface area contributed by atoms with Gasteiger partial charge in [0.2, 0.25) is 0 Å². The molecule has 0 aliphatic heterocycles. The molecule has 96 valence electrons. The summed E-state index contributed by atoms with van der Waals surface area (Å²) < 4.78 is 1.80. The van der Waals surface area contributed by atoms with Crippen molar-refractivity contribution in [3.05, 3.63) is 47.1 Å². The van der Waals surface area contributed by atoms with Crippen LogP contribution in [-0.2, 0) is 7.05 Å². The lowest BCUT2D eigenvalue weighted by atomic mass is 10.0. The first-order valence-corrected chi connectivity index (χ1v) is 6.58. The van der Waals surface area contributed by atoms with E-state index in [1.54, 1.807) is 4.68 Å². The molecule has 1 N–H and O–H groups in total. The molecule has 2 aromatic rings. The summed E-state index contributed by atoms with van der Waals surface area (Å²) in [5, 5.41) is 8.59. The second-order valence-corrected chi connectivity index (χ2v) is 4.85. The van der Waals surface area contributed by atoms with Gasteiger partial charge in [-0.15, -0.1) is 0 Å². The SMILES string of the molecule is CCCC(Nc1ccn(C)n1)c1ccc(Cl)cc1. The van der Waals surface area contributed by atoms with Crippen LogP contribution in [0.25, 0.3) is 0 Å². The molecule has 0 bridgehead atoms. The van der Waals surface area contributed by atoms with Crippen LogP contribution in [0.3, 0.4) is 0 Å². The maximum absolute atomic E-state index is 5.92. The highest BCUT2D eigenvalue weighted by molar-refractivity contribution is 6.30. The number of hydrogen-bond donors (Lipinski definition) is 1. The lowest BCUT2D eigenvalue weighted by Crippen LogP contribution is -2.11. The molecular formula is C14H18ClN3. The van der Waals surface area contributed by atoms with Gasteiger partial charge in [-0.05, 0) is 24.1 Å². The average molecular weight is 264 g/mol. The minimum atomic E-state index is 0.280. The molecule has 0 radical (unpaired) electrons. The van der Waals surface area contributed by atoms with Gasteiger partial charge in [-0.1, -0.05) is 37.1 Å². The van der Waals surface area contributed by atoms with E-state index in [2.05, 4.69) is 29.5 Å². The lowest BCUT2D eigenvalue weighted by Gasteiger charge is -2.18. The molecule has 3 nitrogen and oxygen atoms in total. The Bertz CT molecular complexity index is 490. The lowest BCUT2D eigenvalue weighted by molar-refractivity contribution is 0.669. The number of benzene rings is 1. The number of hydrogen-bond acceptors (Lipinski definition) is 2. The Hall–Kier alpha value is -1.48. The molecular weight excluding hydrogens is 246 g/mol. The minimum Gasteiger partial charge on any atom is -0.362 e. The fourth-order valence-corrected chi connectivity index (χ4v) is 2.10. The first kappa shape index (κ1) is 13.0. The molecule has 1 unspecified atom stereocenters. The van der Waals surface area contributed by atoms with Gasteiger partial charge in [-0.2, -0.15) is 5.10 Å². The Kier molecular flexibility index (Phi) is 4.26. The summed E-state index contributed by atoms with van der Waals surface area (Å²) in [6, 6.07) is 10.3. The quantitative estimate of drug-likeness (QED) is 0.883. The van der Waals surface area contributed by atoms with Gasteiger partial charge in [-0.3, -0.25) is 4.68 Å². The topological polar surface area (TPSA) is 29.9 Å². The molecule has 18 heavy (non-hydrogen) atoms. The molecule has 0 saturated carbocycles. The molecule has 0 spiro atoms. The molecule has 1 atom stereocenters. The predicted octanol–water partition coefficient (Wildman–Crippen LogP) is 4.03. The van der Waals surface area contributed by atoms with Crippen LogP contribution in [0.15, 0.2) is 36.5 Å². The first-order valence-electron chi connectivity index (χ1n) is 6.20. The highest BCUT2D eigenvalue weighted by atomic mass is 35.5. The fourth-order valence-electron chi connectivity index (χ4n) is 1.98. The van der Waals surface area contributed by atoms with Crippen LogP contribution in [0, 0.1) is 0 Å².